The Morgan fingerprint density at radius 1 is 1.25 bits per heavy atom. The summed E-state index contributed by atoms with van der Waals surface area (Å²) in [5, 5.41) is 9.00. The lowest BCUT2D eigenvalue weighted by Gasteiger charge is -2.21. The predicted molar refractivity (Wildman–Crippen MR) is 97.6 cm³/mol. The summed E-state index contributed by atoms with van der Waals surface area (Å²) in [4.78, 5) is 10.9. The monoisotopic (exact) mass is 332 g/mol. The van der Waals surface area contributed by atoms with Crippen LogP contribution in [0.2, 0.25) is 0 Å². The van der Waals surface area contributed by atoms with E-state index in [1.54, 1.807) is 6.92 Å². The zero-order valence-electron chi connectivity index (χ0n) is 15.2. The van der Waals surface area contributed by atoms with Crippen LogP contribution >= 0.6 is 0 Å². The number of hydrogen-bond donors (Lipinski definition) is 1. The maximum atomic E-state index is 10.9. The highest BCUT2D eigenvalue weighted by molar-refractivity contribution is 5.69. The van der Waals surface area contributed by atoms with Gasteiger partial charge in [0.2, 0.25) is 0 Å². The van der Waals surface area contributed by atoms with Crippen molar-refractivity contribution in [1.82, 2.24) is 0 Å². The lowest BCUT2D eigenvalue weighted by atomic mass is 9.86. The zero-order chi connectivity index (χ0) is 17.4. The van der Waals surface area contributed by atoms with Gasteiger partial charge in [-0.15, -0.1) is 0 Å². The van der Waals surface area contributed by atoms with E-state index in [1.165, 1.54) is 44.9 Å². The third-order valence-corrected chi connectivity index (χ3v) is 5.19. The molecule has 1 N–H and O–H groups in total. The summed E-state index contributed by atoms with van der Waals surface area (Å²) in [5.74, 6) is 0.789. The smallest absolute Gasteiger partial charge is 0.306 e. The first-order valence-electron chi connectivity index (χ1n) is 9.51. The molecular formula is C21H32O3. The molecule has 0 amide bonds. The van der Waals surface area contributed by atoms with Gasteiger partial charge in [0.1, 0.15) is 5.75 Å². The number of unbranched alkanes of at least 4 members (excludes halogenated alkanes) is 1. The summed E-state index contributed by atoms with van der Waals surface area (Å²) in [6.45, 7) is 4.55. The molecule has 1 aromatic rings. The number of rotatable bonds is 9. The van der Waals surface area contributed by atoms with Gasteiger partial charge in [-0.1, -0.05) is 57.6 Å². The van der Waals surface area contributed by atoms with Crippen LogP contribution in [0.25, 0.3) is 0 Å². The fraction of sp³-hybridized carbons (Fsp3) is 0.667. The number of carbonyl (C=O) groups is 1. The molecule has 1 aromatic carbocycles. The molecule has 0 spiro atoms. The summed E-state index contributed by atoms with van der Waals surface area (Å²) in [6, 6.07) is 6.03. The van der Waals surface area contributed by atoms with Gasteiger partial charge in [0.15, 0.2) is 0 Å². The highest BCUT2D eigenvalue weighted by Gasteiger charge is 2.13. The van der Waals surface area contributed by atoms with Crippen LogP contribution < -0.4 is 4.74 Å². The molecule has 1 aliphatic rings. The Balaban J connectivity index is 1.69. The zero-order valence-corrected chi connectivity index (χ0v) is 15.2. The van der Waals surface area contributed by atoms with E-state index < -0.39 is 5.97 Å². The summed E-state index contributed by atoms with van der Waals surface area (Å²) in [6.07, 6.45) is 11.4. The van der Waals surface area contributed by atoms with Crippen LogP contribution in [-0.2, 0) is 11.2 Å². The number of ether oxygens (including phenoxy) is 1. The van der Waals surface area contributed by atoms with Crippen molar-refractivity contribution in [3.05, 3.63) is 29.3 Å². The van der Waals surface area contributed by atoms with Crippen molar-refractivity contribution in [3.8, 4) is 5.75 Å². The molecule has 0 radical (unpaired) electrons. The van der Waals surface area contributed by atoms with E-state index in [4.69, 9.17) is 9.84 Å². The van der Waals surface area contributed by atoms with Crippen molar-refractivity contribution in [1.29, 1.82) is 0 Å². The number of hydrogen-bond acceptors (Lipinski definition) is 2. The normalized spacial score (nSPS) is 16.8. The van der Waals surface area contributed by atoms with E-state index in [0.717, 1.165) is 35.8 Å². The van der Waals surface area contributed by atoms with Gasteiger partial charge in [-0.3, -0.25) is 4.79 Å². The van der Waals surface area contributed by atoms with E-state index >= 15 is 0 Å². The molecule has 1 unspecified atom stereocenters. The quantitative estimate of drug-likeness (QED) is 0.617. The second-order valence-corrected chi connectivity index (χ2v) is 7.39. The SMILES string of the molecule is Cc1cc(CC(C)C(=O)O)ccc1OCCCCC1CCCCC1. The molecule has 2 rings (SSSR count). The number of benzene rings is 1. The van der Waals surface area contributed by atoms with Crippen LogP contribution in [0, 0.1) is 18.8 Å². The minimum Gasteiger partial charge on any atom is -0.493 e. The molecule has 0 saturated heterocycles. The third-order valence-electron chi connectivity index (χ3n) is 5.19. The van der Waals surface area contributed by atoms with Crippen LogP contribution in [0.1, 0.15) is 69.4 Å². The van der Waals surface area contributed by atoms with Crippen molar-refractivity contribution in [2.75, 3.05) is 6.61 Å². The minimum absolute atomic E-state index is 0.351. The van der Waals surface area contributed by atoms with Crippen LogP contribution in [0.4, 0.5) is 0 Å². The van der Waals surface area contributed by atoms with Gasteiger partial charge in [0.05, 0.1) is 12.5 Å². The maximum Gasteiger partial charge on any atom is 0.306 e. The van der Waals surface area contributed by atoms with Crippen LogP contribution in [0.15, 0.2) is 18.2 Å². The molecule has 3 heteroatoms. The topological polar surface area (TPSA) is 46.5 Å². The molecule has 24 heavy (non-hydrogen) atoms. The highest BCUT2D eigenvalue weighted by Crippen LogP contribution is 2.28. The van der Waals surface area contributed by atoms with E-state index in [9.17, 15) is 4.79 Å². The maximum absolute atomic E-state index is 10.9. The average Bonchev–Trinajstić information content (AvgIpc) is 2.57. The molecule has 1 atom stereocenters. The molecule has 0 bridgehead atoms. The first kappa shape index (κ1) is 18.8. The molecule has 0 heterocycles. The minimum atomic E-state index is -0.744. The molecule has 1 saturated carbocycles. The fourth-order valence-corrected chi connectivity index (χ4v) is 3.63. The van der Waals surface area contributed by atoms with Crippen molar-refractivity contribution >= 4 is 5.97 Å². The second-order valence-electron chi connectivity index (χ2n) is 7.39. The highest BCUT2D eigenvalue weighted by atomic mass is 16.5. The van der Waals surface area contributed by atoms with Crippen molar-refractivity contribution < 1.29 is 14.6 Å². The van der Waals surface area contributed by atoms with Gasteiger partial charge in [0.25, 0.3) is 0 Å². The number of carboxylic acids is 1. The van der Waals surface area contributed by atoms with Crippen molar-refractivity contribution in [3.63, 3.8) is 0 Å². The predicted octanol–water partition coefficient (Wildman–Crippen LogP) is 5.39. The molecule has 1 fully saturated rings. The van der Waals surface area contributed by atoms with Crippen LogP contribution in [0.3, 0.4) is 0 Å². The first-order valence-corrected chi connectivity index (χ1v) is 9.51. The third kappa shape index (κ3) is 6.18. The Bertz CT molecular complexity index is 518. The molecule has 0 aromatic heterocycles. The van der Waals surface area contributed by atoms with Crippen LogP contribution in [0.5, 0.6) is 5.75 Å². The molecule has 134 valence electrons. The molecule has 3 nitrogen and oxygen atoms in total. The van der Waals surface area contributed by atoms with E-state index in [1.807, 2.05) is 19.1 Å². The molecule has 0 aliphatic heterocycles. The van der Waals surface area contributed by atoms with E-state index in [2.05, 4.69) is 6.07 Å². The Kier molecular flexibility index (Phi) is 7.61. The van der Waals surface area contributed by atoms with Gasteiger partial charge < -0.3 is 9.84 Å². The number of carboxylic acid groups (broad SMARTS) is 1. The standard InChI is InChI=1S/C21H32O3/c1-16-14-19(15-17(2)21(22)23)11-12-20(16)24-13-7-6-10-18-8-4-3-5-9-18/h11-12,14,17-18H,3-10,13,15H2,1-2H3,(H,22,23). The van der Waals surface area contributed by atoms with Crippen molar-refractivity contribution in [2.45, 2.75) is 71.6 Å². The van der Waals surface area contributed by atoms with Gasteiger partial charge >= 0.3 is 5.97 Å². The number of aryl methyl sites for hydroxylation is 1. The fourth-order valence-electron chi connectivity index (χ4n) is 3.63. The Morgan fingerprint density at radius 3 is 2.67 bits per heavy atom. The van der Waals surface area contributed by atoms with Gasteiger partial charge in [-0.25, -0.2) is 0 Å². The Morgan fingerprint density at radius 2 is 2.00 bits per heavy atom. The van der Waals surface area contributed by atoms with Crippen molar-refractivity contribution in [2.24, 2.45) is 11.8 Å². The van der Waals surface area contributed by atoms with Gasteiger partial charge in [0, 0.05) is 0 Å². The lowest BCUT2D eigenvalue weighted by Crippen LogP contribution is -2.12. The Labute approximate surface area is 146 Å². The second kappa shape index (κ2) is 9.71. The summed E-state index contributed by atoms with van der Waals surface area (Å²) in [5.41, 5.74) is 2.16. The van der Waals surface area contributed by atoms with Crippen LogP contribution in [-0.4, -0.2) is 17.7 Å². The largest absolute Gasteiger partial charge is 0.493 e. The molecular weight excluding hydrogens is 300 g/mol. The van der Waals surface area contributed by atoms with E-state index in [-0.39, 0.29) is 5.92 Å². The lowest BCUT2D eigenvalue weighted by molar-refractivity contribution is -0.141. The molecule has 1 aliphatic carbocycles. The van der Waals surface area contributed by atoms with E-state index in [0.29, 0.717) is 6.42 Å². The summed E-state index contributed by atoms with van der Waals surface area (Å²) >= 11 is 0. The van der Waals surface area contributed by atoms with Gasteiger partial charge in [-0.2, -0.15) is 0 Å². The summed E-state index contributed by atoms with van der Waals surface area (Å²) in [7, 11) is 0. The van der Waals surface area contributed by atoms with Gasteiger partial charge in [-0.05, 0) is 49.3 Å². The Hall–Kier alpha value is -1.51. The average molecular weight is 332 g/mol. The summed E-state index contributed by atoms with van der Waals surface area (Å²) < 4.78 is 5.92. The number of aliphatic carboxylic acids is 1. The first-order chi connectivity index (χ1) is 11.6.